The second kappa shape index (κ2) is 6.23. The fourth-order valence-corrected chi connectivity index (χ4v) is 2.71. The van der Waals surface area contributed by atoms with Gasteiger partial charge in [0.25, 0.3) is 5.56 Å². The molecule has 3 aromatic heterocycles. The first-order chi connectivity index (χ1) is 11.4. The molecular formula is C14H17ClN6O3. The van der Waals surface area contributed by atoms with E-state index in [0.717, 1.165) is 17.4 Å². The third kappa shape index (κ3) is 2.64. The van der Waals surface area contributed by atoms with Crippen LogP contribution in [0.3, 0.4) is 0 Å². The maximum absolute atomic E-state index is 12.4. The van der Waals surface area contributed by atoms with Crippen LogP contribution in [-0.4, -0.2) is 28.8 Å². The molecule has 0 N–H and O–H groups in total. The molecule has 0 aliphatic rings. The minimum absolute atomic E-state index is 0.0863. The van der Waals surface area contributed by atoms with Gasteiger partial charge in [-0.15, -0.1) is 0 Å². The van der Waals surface area contributed by atoms with Gasteiger partial charge in [0.15, 0.2) is 17.0 Å². The van der Waals surface area contributed by atoms with Crippen LogP contribution >= 0.6 is 11.6 Å². The average Bonchev–Trinajstić information content (AvgIpc) is 3.14. The highest BCUT2D eigenvalue weighted by atomic mass is 35.5. The lowest BCUT2D eigenvalue weighted by Crippen LogP contribution is -2.37. The number of unbranched alkanes of at least 4 members (excludes halogenated alkanes) is 1. The number of imidazole rings is 1. The Hall–Kier alpha value is -2.42. The number of nitrogens with zero attached hydrogens (tertiary/aromatic N) is 6. The molecule has 10 heteroatoms. The predicted octanol–water partition coefficient (Wildman–Crippen LogP) is 0.861. The number of rotatable bonds is 5. The van der Waals surface area contributed by atoms with Crippen LogP contribution in [-0.2, 0) is 27.1 Å². The summed E-state index contributed by atoms with van der Waals surface area (Å²) < 4.78 is 8.96. The Morgan fingerprint density at radius 1 is 1.17 bits per heavy atom. The van der Waals surface area contributed by atoms with Crippen molar-refractivity contribution >= 4 is 22.8 Å². The number of fused-ring (bicyclic) bond motifs is 1. The molecule has 0 unspecified atom stereocenters. The van der Waals surface area contributed by atoms with Crippen molar-refractivity contribution in [1.29, 1.82) is 0 Å². The largest absolute Gasteiger partial charge is 0.339 e. The molecule has 128 valence electrons. The SMILES string of the molecule is CCCCc1nc(Cn2c(Cl)nc3c2c(=O)n(C)c(=O)n3C)no1. The Morgan fingerprint density at radius 3 is 2.62 bits per heavy atom. The summed E-state index contributed by atoms with van der Waals surface area (Å²) in [5, 5.41) is 4.00. The second-order valence-corrected chi connectivity index (χ2v) is 5.89. The number of aryl methyl sites for hydroxylation is 2. The van der Waals surface area contributed by atoms with E-state index < -0.39 is 11.2 Å². The number of hydrogen-bond acceptors (Lipinski definition) is 6. The van der Waals surface area contributed by atoms with Gasteiger partial charge >= 0.3 is 5.69 Å². The monoisotopic (exact) mass is 352 g/mol. The van der Waals surface area contributed by atoms with Gasteiger partial charge in [-0.25, -0.2) is 4.79 Å². The van der Waals surface area contributed by atoms with Gasteiger partial charge in [0.1, 0.15) is 0 Å². The van der Waals surface area contributed by atoms with Crippen LogP contribution in [0.1, 0.15) is 31.5 Å². The van der Waals surface area contributed by atoms with Crippen LogP contribution in [0.5, 0.6) is 0 Å². The molecule has 0 atom stereocenters. The van der Waals surface area contributed by atoms with Crippen LogP contribution in [0.2, 0.25) is 5.28 Å². The van der Waals surface area contributed by atoms with Crippen molar-refractivity contribution in [2.75, 3.05) is 0 Å². The molecule has 3 heterocycles. The van der Waals surface area contributed by atoms with E-state index in [-0.39, 0.29) is 23.0 Å². The maximum Gasteiger partial charge on any atom is 0.332 e. The van der Waals surface area contributed by atoms with Crippen LogP contribution in [0.25, 0.3) is 11.2 Å². The van der Waals surface area contributed by atoms with E-state index in [1.54, 1.807) is 0 Å². The zero-order chi connectivity index (χ0) is 17.4. The molecule has 0 saturated carbocycles. The van der Waals surface area contributed by atoms with Gasteiger partial charge in [-0.2, -0.15) is 9.97 Å². The summed E-state index contributed by atoms with van der Waals surface area (Å²) in [5.74, 6) is 0.950. The number of aromatic nitrogens is 6. The molecule has 0 amide bonds. The van der Waals surface area contributed by atoms with E-state index in [2.05, 4.69) is 22.0 Å². The lowest BCUT2D eigenvalue weighted by molar-refractivity contribution is 0.369. The highest BCUT2D eigenvalue weighted by Gasteiger charge is 2.19. The first-order valence-corrected chi connectivity index (χ1v) is 7.95. The van der Waals surface area contributed by atoms with Crippen molar-refractivity contribution in [2.45, 2.75) is 32.7 Å². The summed E-state index contributed by atoms with van der Waals surface area (Å²) in [5.41, 5.74) is -0.482. The van der Waals surface area contributed by atoms with Crippen LogP contribution < -0.4 is 11.2 Å². The van der Waals surface area contributed by atoms with E-state index in [4.69, 9.17) is 16.1 Å². The number of hydrogen-bond donors (Lipinski definition) is 0. The maximum atomic E-state index is 12.4. The molecule has 3 rings (SSSR count). The van der Waals surface area contributed by atoms with E-state index in [9.17, 15) is 9.59 Å². The van der Waals surface area contributed by atoms with Crippen molar-refractivity contribution in [3.8, 4) is 0 Å². The van der Waals surface area contributed by atoms with Gasteiger partial charge in [0.2, 0.25) is 11.2 Å². The molecule has 9 nitrogen and oxygen atoms in total. The summed E-state index contributed by atoms with van der Waals surface area (Å²) in [4.78, 5) is 32.8. The third-order valence-electron chi connectivity index (χ3n) is 3.86. The molecule has 0 radical (unpaired) electrons. The number of halogens is 1. The molecule has 0 aliphatic heterocycles. The predicted molar refractivity (Wildman–Crippen MR) is 87.2 cm³/mol. The Bertz CT molecular complexity index is 1010. The van der Waals surface area contributed by atoms with E-state index in [1.807, 2.05) is 0 Å². The quantitative estimate of drug-likeness (QED) is 0.631. The zero-order valence-corrected chi connectivity index (χ0v) is 14.4. The van der Waals surface area contributed by atoms with Crippen molar-refractivity contribution in [3.63, 3.8) is 0 Å². The average molecular weight is 353 g/mol. The Morgan fingerprint density at radius 2 is 1.92 bits per heavy atom. The highest BCUT2D eigenvalue weighted by molar-refractivity contribution is 6.29. The van der Waals surface area contributed by atoms with Crippen molar-refractivity contribution in [1.82, 2.24) is 28.8 Å². The summed E-state index contributed by atoms with van der Waals surface area (Å²) in [6, 6.07) is 0. The molecule has 0 spiro atoms. The normalized spacial score (nSPS) is 11.5. The van der Waals surface area contributed by atoms with Crippen LogP contribution in [0.15, 0.2) is 14.1 Å². The minimum atomic E-state index is -0.470. The van der Waals surface area contributed by atoms with Gasteiger partial charge in [-0.05, 0) is 18.0 Å². The zero-order valence-electron chi connectivity index (χ0n) is 13.6. The van der Waals surface area contributed by atoms with Gasteiger partial charge in [0, 0.05) is 20.5 Å². The molecule has 0 fully saturated rings. The van der Waals surface area contributed by atoms with Crippen molar-refractivity contribution < 1.29 is 4.52 Å². The van der Waals surface area contributed by atoms with E-state index >= 15 is 0 Å². The minimum Gasteiger partial charge on any atom is -0.339 e. The summed E-state index contributed by atoms with van der Waals surface area (Å²) >= 11 is 6.16. The van der Waals surface area contributed by atoms with E-state index in [0.29, 0.717) is 18.1 Å². The lowest BCUT2D eigenvalue weighted by atomic mass is 10.2. The van der Waals surface area contributed by atoms with Crippen molar-refractivity contribution in [3.05, 3.63) is 37.8 Å². The van der Waals surface area contributed by atoms with Crippen LogP contribution in [0, 0.1) is 0 Å². The molecule has 0 aliphatic carbocycles. The molecule has 24 heavy (non-hydrogen) atoms. The molecule has 3 aromatic rings. The smallest absolute Gasteiger partial charge is 0.332 e. The Balaban J connectivity index is 2.07. The fraction of sp³-hybridized carbons (Fsp3) is 0.500. The molecule has 0 aromatic carbocycles. The lowest BCUT2D eigenvalue weighted by Gasteiger charge is -2.05. The topological polar surface area (TPSA) is 101 Å². The van der Waals surface area contributed by atoms with Gasteiger partial charge < -0.3 is 9.09 Å². The first-order valence-electron chi connectivity index (χ1n) is 7.57. The van der Waals surface area contributed by atoms with Crippen LogP contribution in [0.4, 0.5) is 0 Å². The standard InChI is InChI=1S/C14H17ClN6O3/c1-4-5-6-9-16-8(18-24-9)7-21-10-11(17-13(21)15)19(2)14(23)20(3)12(10)22/h4-7H2,1-3H3. The molecule has 0 saturated heterocycles. The van der Waals surface area contributed by atoms with Gasteiger partial charge in [-0.3, -0.25) is 13.9 Å². The van der Waals surface area contributed by atoms with E-state index in [1.165, 1.54) is 23.2 Å². The van der Waals surface area contributed by atoms with Crippen molar-refractivity contribution in [2.24, 2.45) is 14.1 Å². The highest BCUT2D eigenvalue weighted by Crippen LogP contribution is 2.17. The second-order valence-electron chi connectivity index (χ2n) is 5.55. The van der Waals surface area contributed by atoms with Gasteiger partial charge in [0.05, 0.1) is 6.54 Å². The van der Waals surface area contributed by atoms with Gasteiger partial charge in [-0.1, -0.05) is 18.5 Å². The summed E-state index contributed by atoms with van der Waals surface area (Å²) in [6.45, 7) is 2.22. The third-order valence-corrected chi connectivity index (χ3v) is 4.14. The molecule has 0 bridgehead atoms. The summed E-state index contributed by atoms with van der Waals surface area (Å²) in [7, 11) is 2.95. The Kier molecular flexibility index (Phi) is 4.27. The Labute approximate surface area is 141 Å². The first kappa shape index (κ1) is 16.4. The molecular weight excluding hydrogens is 336 g/mol. The summed E-state index contributed by atoms with van der Waals surface area (Å²) in [6.07, 6.45) is 2.69. The fourth-order valence-electron chi connectivity index (χ4n) is 2.49.